The Bertz CT molecular complexity index is 1310. The number of nitrogens with one attached hydrogen (secondary N) is 2. The van der Waals surface area contributed by atoms with E-state index in [0.717, 1.165) is 16.7 Å². The van der Waals surface area contributed by atoms with Gasteiger partial charge >= 0.3 is 6.09 Å². The summed E-state index contributed by atoms with van der Waals surface area (Å²) in [5, 5.41) is 5.54. The monoisotopic (exact) mass is 511 g/mol. The number of methoxy groups -OCH3 is 1. The average molecular weight is 512 g/mol. The number of aromatic nitrogens is 1. The van der Waals surface area contributed by atoms with E-state index in [1.165, 1.54) is 0 Å². The molecule has 0 saturated carbocycles. The molecule has 0 bridgehead atoms. The zero-order chi connectivity index (χ0) is 26.6. The van der Waals surface area contributed by atoms with Crippen molar-refractivity contribution in [3.05, 3.63) is 126 Å². The van der Waals surface area contributed by atoms with Gasteiger partial charge in [0.25, 0.3) is 0 Å². The minimum Gasteiger partial charge on any atom is -0.495 e. The molecule has 0 spiro atoms. The van der Waals surface area contributed by atoms with Crippen molar-refractivity contribution in [2.24, 2.45) is 0 Å². The maximum Gasteiger partial charge on any atom is 0.408 e. The van der Waals surface area contributed by atoms with E-state index < -0.39 is 18.0 Å². The van der Waals surface area contributed by atoms with E-state index >= 15 is 0 Å². The molecule has 2 N–H and O–H groups in total. The standard InChI is InChI=1S/C30H29N3O5/c1-36-27-16-24(17-31-19-27)18-32-29(34)28(33-30(35)38-21-23-10-6-3-7-11-23)25-12-14-26(15-13-25)37-20-22-8-4-2-5-9-22/h2-17,19,28H,18,20-21H2,1H3,(H,32,34)(H,33,35)/t28-/m0/s1. The lowest BCUT2D eigenvalue weighted by Gasteiger charge is -2.19. The summed E-state index contributed by atoms with van der Waals surface area (Å²) in [6.45, 7) is 0.712. The van der Waals surface area contributed by atoms with E-state index in [0.29, 0.717) is 23.7 Å². The summed E-state index contributed by atoms with van der Waals surface area (Å²) >= 11 is 0. The molecule has 1 heterocycles. The molecule has 0 unspecified atom stereocenters. The van der Waals surface area contributed by atoms with Crippen LogP contribution in [0.25, 0.3) is 0 Å². The van der Waals surface area contributed by atoms with Crippen LogP contribution in [-0.4, -0.2) is 24.1 Å². The van der Waals surface area contributed by atoms with Gasteiger partial charge in [0.1, 0.15) is 30.8 Å². The van der Waals surface area contributed by atoms with Crippen LogP contribution in [0.5, 0.6) is 11.5 Å². The molecule has 1 atom stereocenters. The molecule has 2 amide bonds. The molecule has 0 fully saturated rings. The molecular formula is C30H29N3O5. The van der Waals surface area contributed by atoms with Crippen LogP contribution in [-0.2, 0) is 29.3 Å². The molecule has 0 aliphatic rings. The quantitative estimate of drug-likeness (QED) is 0.296. The van der Waals surface area contributed by atoms with Crippen LogP contribution >= 0.6 is 0 Å². The molecule has 38 heavy (non-hydrogen) atoms. The zero-order valence-electron chi connectivity index (χ0n) is 21.0. The molecular weight excluding hydrogens is 482 g/mol. The van der Waals surface area contributed by atoms with Crippen molar-refractivity contribution in [3.8, 4) is 11.5 Å². The third-order valence-corrected chi connectivity index (χ3v) is 5.67. The first-order valence-electron chi connectivity index (χ1n) is 12.1. The van der Waals surface area contributed by atoms with Crippen LogP contribution in [0.1, 0.15) is 28.3 Å². The Morgan fingerprint density at radius 1 is 0.789 bits per heavy atom. The Balaban J connectivity index is 1.43. The third kappa shape index (κ3) is 7.83. The highest BCUT2D eigenvalue weighted by Crippen LogP contribution is 2.20. The molecule has 8 nitrogen and oxygen atoms in total. The van der Waals surface area contributed by atoms with Crippen molar-refractivity contribution in [1.82, 2.24) is 15.6 Å². The Morgan fingerprint density at radius 2 is 1.45 bits per heavy atom. The maximum atomic E-state index is 13.2. The second-order valence-electron chi connectivity index (χ2n) is 8.43. The average Bonchev–Trinajstić information content (AvgIpc) is 2.98. The molecule has 0 saturated heterocycles. The van der Waals surface area contributed by atoms with Crippen molar-refractivity contribution in [1.29, 1.82) is 0 Å². The summed E-state index contributed by atoms with van der Waals surface area (Å²) in [4.78, 5) is 29.9. The predicted molar refractivity (Wildman–Crippen MR) is 142 cm³/mol. The number of hydrogen-bond acceptors (Lipinski definition) is 6. The number of alkyl carbamates (subject to hydrolysis) is 1. The van der Waals surface area contributed by atoms with Gasteiger partial charge in [-0.05, 0) is 40.5 Å². The Kier molecular flexibility index (Phi) is 9.28. The highest BCUT2D eigenvalue weighted by atomic mass is 16.5. The van der Waals surface area contributed by atoms with Gasteiger partial charge in [0.05, 0.1) is 13.3 Å². The summed E-state index contributed by atoms with van der Waals surface area (Å²) in [6.07, 6.45) is 2.51. The minimum absolute atomic E-state index is 0.0861. The van der Waals surface area contributed by atoms with Crippen LogP contribution in [0, 0.1) is 0 Å². The van der Waals surface area contributed by atoms with E-state index in [-0.39, 0.29) is 13.2 Å². The van der Waals surface area contributed by atoms with Crippen molar-refractivity contribution in [2.45, 2.75) is 25.8 Å². The van der Waals surface area contributed by atoms with Gasteiger partial charge in [0, 0.05) is 12.7 Å². The van der Waals surface area contributed by atoms with Crippen molar-refractivity contribution < 1.29 is 23.8 Å². The second kappa shape index (κ2) is 13.5. The van der Waals surface area contributed by atoms with E-state index in [9.17, 15) is 9.59 Å². The van der Waals surface area contributed by atoms with Gasteiger partial charge in [0.2, 0.25) is 5.91 Å². The van der Waals surface area contributed by atoms with Gasteiger partial charge in [-0.3, -0.25) is 9.78 Å². The second-order valence-corrected chi connectivity index (χ2v) is 8.43. The van der Waals surface area contributed by atoms with Gasteiger partial charge in [-0.1, -0.05) is 72.8 Å². The summed E-state index contributed by atoms with van der Waals surface area (Å²) < 4.78 is 16.4. The topological polar surface area (TPSA) is 98.8 Å². The van der Waals surface area contributed by atoms with Gasteiger partial charge < -0.3 is 24.8 Å². The number of rotatable bonds is 11. The fourth-order valence-corrected chi connectivity index (χ4v) is 3.64. The maximum absolute atomic E-state index is 13.2. The summed E-state index contributed by atoms with van der Waals surface area (Å²) in [5.74, 6) is 0.829. The van der Waals surface area contributed by atoms with Crippen LogP contribution in [0.3, 0.4) is 0 Å². The van der Waals surface area contributed by atoms with Crippen LogP contribution in [0.2, 0.25) is 0 Å². The molecule has 3 aromatic carbocycles. The summed E-state index contributed by atoms with van der Waals surface area (Å²) in [5.41, 5.74) is 3.22. The first kappa shape index (κ1) is 26.2. The lowest BCUT2D eigenvalue weighted by atomic mass is 10.1. The highest BCUT2D eigenvalue weighted by molar-refractivity contribution is 5.86. The normalized spacial score (nSPS) is 11.2. The van der Waals surface area contributed by atoms with Crippen molar-refractivity contribution in [2.75, 3.05) is 7.11 Å². The number of hydrogen-bond donors (Lipinski definition) is 2. The van der Waals surface area contributed by atoms with E-state index in [1.807, 2.05) is 60.7 Å². The minimum atomic E-state index is -0.986. The Morgan fingerprint density at radius 3 is 2.11 bits per heavy atom. The lowest BCUT2D eigenvalue weighted by molar-refractivity contribution is -0.123. The molecule has 0 aliphatic heterocycles. The highest BCUT2D eigenvalue weighted by Gasteiger charge is 2.23. The van der Waals surface area contributed by atoms with Gasteiger partial charge in [0.15, 0.2) is 0 Å². The van der Waals surface area contributed by atoms with Crippen LogP contribution in [0.4, 0.5) is 4.79 Å². The molecule has 4 rings (SSSR count). The smallest absolute Gasteiger partial charge is 0.408 e. The van der Waals surface area contributed by atoms with Crippen molar-refractivity contribution in [3.63, 3.8) is 0 Å². The molecule has 194 valence electrons. The number of pyridine rings is 1. The fourth-order valence-electron chi connectivity index (χ4n) is 3.64. The number of nitrogens with zero attached hydrogens (tertiary/aromatic N) is 1. The van der Waals surface area contributed by atoms with Crippen LogP contribution < -0.4 is 20.1 Å². The van der Waals surface area contributed by atoms with E-state index in [4.69, 9.17) is 14.2 Å². The predicted octanol–water partition coefficient (Wildman–Crippen LogP) is 4.95. The Hall–Kier alpha value is -4.85. The summed E-state index contributed by atoms with van der Waals surface area (Å²) in [7, 11) is 1.55. The third-order valence-electron chi connectivity index (χ3n) is 5.67. The van der Waals surface area contributed by atoms with Gasteiger partial charge in [-0.2, -0.15) is 0 Å². The first-order valence-corrected chi connectivity index (χ1v) is 12.1. The fraction of sp³-hybridized carbons (Fsp3) is 0.167. The molecule has 8 heteroatoms. The number of benzene rings is 3. The molecule has 1 aromatic heterocycles. The molecule has 0 radical (unpaired) electrons. The lowest BCUT2D eigenvalue weighted by Crippen LogP contribution is -2.40. The molecule has 0 aliphatic carbocycles. The zero-order valence-corrected chi connectivity index (χ0v) is 21.0. The van der Waals surface area contributed by atoms with E-state index in [2.05, 4.69) is 15.6 Å². The molecule has 4 aromatic rings. The first-order chi connectivity index (χ1) is 18.6. The van der Waals surface area contributed by atoms with Gasteiger partial charge in [-0.25, -0.2) is 4.79 Å². The largest absolute Gasteiger partial charge is 0.495 e. The number of amides is 2. The number of ether oxygens (including phenoxy) is 3. The number of carbonyl (C=O) groups is 2. The Labute approximate surface area is 221 Å². The number of carbonyl (C=O) groups excluding carboxylic acids is 2. The van der Waals surface area contributed by atoms with E-state index in [1.54, 1.807) is 49.8 Å². The van der Waals surface area contributed by atoms with Gasteiger partial charge in [-0.15, -0.1) is 0 Å². The van der Waals surface area contributed by atoms with Crippen LogP contribution in [0.15, 0.2) is 103 Å². The SMILES string of the molecule is COc1cncc(CNC(=O)[C@@H](NC(=O)OCc2ccccc2)c2ccc(OCc3ccccc3)cc2)c1. The van der Waals surface area contributed by atoms with Crippen molar-refractivity contribution >= 4 is 12.0 Å². The summed E-state index contributed by atoms with van der Waals surface area (Å²) in [6, 6.07) is 27.0.